The number of ether oxygens (including phenoxy) is 2. The number of amides is 2. The molecule has 0 unspecified atom stereocenters. The van der Waals surface area contributed by atoms with Crippen LogP contribution >= 0.6 is 0 Å². The molecule has 2 fully saturated rings. The Morgan fingerprint density at radius 1 is 1.07 bits per heavy atom. The SMILES string of the molecule is CCCCN(CCCCN(C)C)C(=O)CN1C[C@H](c2cc(CO)c3c(c2)OCO3)[C@@H](C(=O)O)[C@@H]1CCCN1CCCC1=O. The van der Waals surface area contributed by atoms with Crippen LogP contribution in [0.5, 0.6) is 11.5 Å². The van der Waals surface area contributed by atoms with Crippen LogP contribution in [-0.4, -0.2) is 120 Å². The van der Waals surface area contributed by atoms with Crippen molar-refractivity contribution in [2.24, 2.45) is 5.92 Å². The van der Waals surface area contributed by atoms with Crippen molar-refractivity contribution in [3.05, 3.63) is 23.3 Å². The predicted molar refractivity (Wildman–Crippen MR) is 162 cm³/mol. The topological polar surface area (TPSA) is 123 Å². The van der Waals surface area contributed by atoms with Gasteiger partial charge in [-0.15, -0.1) is 0 Å². The maximum Gasteiger partial charge on any atom is 0.308 e. The highest BCUT2D eigenvalue weighted by atomic mass is 16.7. The van der Waals surface area contributed by atoms with Crippen LogP contribution in [0.1, 0.15) is 75.3 Å². The summed E-state index contributed by atoms with van der Waals surface area (Å²) in [5, 5.41) is 20.6. The molecule has 43 heavy (non-hydrogen) atoms. The molecule has 0 spiro atoms. The van der Waals surface area contributed by atoms with Crippen molar-refractivity contribution in [1.29, 1.82) is 0 Å². The quantitative estimate of drug-likeness (QED) is 0.259. The van der Waals surface area contributed by atoms with E-state index in [-0.39, 0.29) is 37.8 Å². The van der Waals surface area contributed by atoms with Gasteiger partial charge in [0, 0.05) is 56.7 Å². The van der Waals surface area contributed by atoms with E-state index in [1.165, 1.54) is 0 Å². The molecule has 2 amide bonds. The normalized spacial score (nSPS) is 21.7. The molecule has 0 saturated carbocycles. The monoisotopic (exact) mass is 602 g/mol. The maximum absolute atomic E-state index is 13.8. The van der Waals surface area contributed by atoms with E-state index in [0.29, 0.717) is 62.5 Å². The minimum atomic E-state index is -0.906. The first-order valence-electron chi connectivity index (χ1n) is 15.9. The average molecular weight is 603 g/mol. The number of carboxylic acid groups (broad SMARTS) is 1. The second-order valence-electron chi connectivity index (χ2n) is 12.4. The van der Waals surface area contributed by atoms with Crippen molar-refractivity contribution >= 4 is 17.8 Å². The number of carbonyl (C=O) groups excluding carboxylic acids is 2. The zero-order valence-electron chi connectivity index (χ0n) is 26.1. The first kappa shape index (κ1) is 33.0. The molecule has 0 aliphatic carbocycles. The molecule has 1 aromatic carbocycles. The third-order valence-electron chi connectivity index (χ3n) is 9.06. The standard InChI is InChI=1S/C32H50N4O7/c1-4-5-13-35(14-7-6-12-33(2)3)29(39)20-36-19-25(23-17-24(21-37)31-27(18-23)42-22-43-31)30(32(40)41)26(36)10-8-15-34-16-9-11-28(34)38/h17-18,25-26,30,37H,4-16,19-22H2,1-3H3,(H,40,41)/t25-,26+,30-/m1/s1. The van der Waals surface area contributed by atoms with Gasteiger partial charge in [-0.3, -0.25) is 19.3 Å². The Morgan fingerprint density at radius 2 is 1.84 bits per heavy atom. The van der Waals surface area contributed by atoms with E-state index in [2.05, 4.69) is 16.7 Å². The summed E-state index contributed by atoms with van der Waals surface area (Å²) in [7, 11) is 4.10. The van der Waals surface area contributed by atoms with Gasteiger partial charge in [-0.1, -0.05) is 13.3 Å². The molecular formula is C32H50N4O7. The lowest BCUT2D eigenvalue weighted by Crippen LogP contribution is -2.45. The molecule has 3 aliphatic heterocycles. The van der Waals surface area contributed by atoms with Gasteiger partial charge >= 0.3 is 5.97 Å². The lowest BCUT2D eigenvalue weighted by Gasteiger charge is -2.30. The Morgan fingerprint density at radius 3 is 2.51 bits per heavy atom. The van der Waals surface area contributed by atoms with E-state index >= 15 is 0 Å². The predicted octanol–water partition coefficient (Wildman–Crippen LogP) is 2.75. The Hall–Kier alpha value is -2.89. The van der Waals surface area contributed by atoms with Crippen LogP contribution in [0.3, 0.4) is 0 Å². The van der Waals surface area contributed by atoms with Crippen molar-refractivity contribution in [1.82, 2.24) is 19.6 Å². The molecule has 0 aromatic heterocycles. The fourth-order valence-corrected chi connectivity index (χ4v) is 6.77. The number of aliphatic hydroxyl groups excluding tert-OH is 1. The highest BCUT2D eigenvalue weighted by molar-refractivity contribution is 5.79. The first-order chi connectivity index (χ1) is 20.7. The molecular weight excluding hydrogens is 552 g/mol. The minimum absolute atomic E-state index is 0.0320. The number of aliphatic hydroxyl groups is 1. The molecule has 2 N–H and O–H groups in total. The molecule has 11 heteroatoms. The van der Waals surface area contributed by atoms with Gasteiger partial charge in [-0.25, -0.2) is 0 Å². The van der Waals surface area contributed by atoms with Gasteiger partial charge in [-0.2, -0.15) is 0 Å². The van der Waals surface area contributed by atoms with Crippen molar-refractivity contribution in [3.8, 4) is 11.5 Å². The van der Waals surface area contributed by atoms with Crippen molar-refractivity contribution in [2.75, 3.05) is 66.7 Å². The summed E-state index contributed by atoms with van der Waals surface area (Å²) in [6, 6.07) is 3.28. The molecule has 1 aromatic rings. The summed E-state index contributed by atoms with van der Waals surface area (Å²) < 4.78 is 11.2. The largest absolute Gasteiger partial charge is 0.481 e. The van der Waals surface area contributed by atoms with Gasteiger partial charge in [0.15, 0.2) is 11.5 Å². The number of aliphatic carboxylic acids is 1. The number of hydrogen-bond acceptors (Lipinski definition) is 8. The van der Waals surface area contributed by atoms with Crippen LogP contribution in [0.25, 0.3) is 0 Å². The Bertz CT molecular complexity index is 1110. The average Bonchev–Trinajstić information content (AvgIpc) is 3.71. The van der Waals surface area contributed by atoms with Crippen molar-refractivity contribution in [3.63, 3.8) is 0 Å². The number of carboxylic acids is 1. The molecule has 2 saturated heterocycles. The Balaban J connectivity index is 1.55. The second-order valence-corrected chi connectivity index (χ2v) is 12.4. The zero-order chi connectivity index (χ0) is 30.9. The maximum atomic E-state index is 13.8. The third-order valence-corrected chi connectivity index (χ3v) is 9.06. The van der Waals surface area contributed by atoms with Crippen LogP contribution < -0.4 is 9.47 Å². The fraction of sp³-hybridized carbons (Fsp3) is 0.719. The van der Waals surface area contributed by atoms with E-state index in [9.17, 15) is 24.6 Å². The van der Waals surface area contributed by atoms with E-state index in [0.717, 1.165) is 50.8 Å². The molecule has 3 atom stereocenters. The number of carbonyl (C=O) groups is 3. The molecule has 11 nitrogen and oxygen atoms in total. The van der Waals surface area contributed by atoms with E-state index in [1.807, 2.05) is 36.0 Å². The summed E-state index contributed by atoms with van der Waals surface area (Å²) >= 11 is 0. The molecule has 3 heterocycles. The summed E-state index contributed by atoms with van der Waals surface area (Å²) in [6.07, 6.45) is 6.51. The summed E-state index contributed by atoms with van der Waals surface area (Å²) in [4.78, 5) is 46.9. The van der Waals surface area contributed by atoms with Crippen LogP contribution in [0.15, 0.2) is 12.1 Å². The van der Waals surface area contributed by atoms with Crippen molar-refractivity contribution < 1.29 is 34.1 Å². The highest BCUT2D eigenvalue weighted by Crippen LogP contribution is 2.44. The van der Waals surface area contributed by atoms with Gasteiger partial charge in [0.25, 0.3) is 0 Å². The summed E-state index contributed by atoms with van der Waals surface area (Å²) in [5.41, 5.74) is 1.33. The van der Waals surface area contributed by atoms with Crippen LogP contribution in [0.2, 0.25) is 0 Å². The molecule has 0 radical (unpaired) electrons. The third kappa shape index (κ3) is 8.39. The summed E-state index contributed by atoms with van der Waals surface area (Å²) in [6.45, 7) is 6.18. The molecule has 0 bridgehead atoms. The van der Waals surface area contributed by atoms with Gasteiger partial charge in [0.1, 0.15) is 0 Å². The van der Waals surface area contributed by atoms with Crippen LogP contribution in [0, 0.1) is 5.92 Å². The second kappa shape index (κ2) is 15.7. The number of likely N-dealkylation sites (tertiary alicyclic amines) is 2. The summed E-state index contributed by atoms with van der Waals surface area (Å²) in [5.74, 6) is -0.861. The number of benzene rings is 1. The molecule has 4 rings (SSSR count). The van der Waals surface area contributed by atoms with E-state index < -0.39 is 17.8 Å². The van der Waals surface area contributed by atoms with Crippen LogP contribution in [0.4, 0.5) is 0 Å². The van der Waals surface area contributed by atoms with Gasteiger partial charge < -0.3 is 34.4 Å². The smallest absolute Gasteiger partial charge is 0.308 e. The van der Waals surface area contributed by atoms with Crippen LogP contribution in [-0.2, 0) is 21.0 Å². The zero-order valence-corrected chi connectivity index (χ0v) is 26.1. The Labute approximate surface area is 255 Å². The number of unbranched alkanes of at least 4 members (excludes halogenated alkanes) is 2. The van der Waals surface area contributed by atoms with Crippen molar-refractivity contribution in [2.45, 2.75) is 76.9 Å². The number of rotatable bonds is 17. The van der Waals surface area contributed by atoms with Gasteiger partial charge in [0.2, 0.25) is 18.6 Å². The number of hydrogen-bond donors (Lipinski definition) is 2. The Kier molecular flexibility index (Phi) is 12.1. The first-order valence-corrected chi connectivity index (χ1v) is 15.9. The van der Waals surface area contributed by atoms with E-state index in [1.54, 1.807) is 0 Å². The molecule has 240 valence electrons. The molecule has 3 aliphatic rings. The lowest BCUT2D eigenvalue weighted by molar-refractivity contribution is -0.144. The fourth-order valence-electron chi connectivity index (χ4n) is 6.77. The minimum Gasteiger partial charge on any atom is -0.481 e. The van der Waals surface area contributed by atoms with Gasteiger partial charge in [0.05, 0.1) is 19.1 Å². The van der Waals surface area contributed by atoms with E-state index in [4.69, 9.17) is 9.47 Å². The highest BCUT2D eigenvalue weighted by Gasteiger charge is 2.47. The van der Waals surface area contributed by atoms with Gasteiger partial charge in [-0.05, 0) is 76.9 Å². The number of fused-ring (bicyclic) bond motifs is 1. The number of nitrogens with zero attached hydrogens (tertiary/aromatic N) is 4. The lowest BCUT2D eigenvalue weighted by atomic mass is 9.83.